The fraction of sp³-hybridized carbons (Fsp3) is 0.303. The van der Waals surface area contributed by atoms with Crippen LogP contribution in [0.15, 0.2) is 60.0 Å². The number of piperazine rings is 1. The largest absolute Gasteiger partial charge is 0.507 e. The van der Waals surface area contributed by atoms with E-state index in [1.54, 1.807) is 28.1 Å². The van der Waals surface area contributed by atoms with E-state index in [9.17, 15) is 19.5 Å². The molecule has 3 aliphatic rings. The van der Waals surface area contributed by atoms with Crippen molar-refractivity contribution in [2.75, 3.05) is 29.9 Å². The standard InChI is InChI=1S/C33H30F2N6O4/c1-5-24(43)39-16-22-31(44)38(4)28-27(40(22)15-17(39)2)18-14-20(35)26(25-19(34)8-6-10-23(25)42)37-30(18)41(32(28)45)21-9-7-13-36-29(21)33(3)11-12-33/h5-10,13-14,17,22,42H,1,11-12,15-16H2,2-4H3/t17-,22-/m1/s1. The van der Waals surface area contributed by atoms with Crippen LogP contribution in [0.2, 0.25) is 0 Å². The second kappa shape index (κ2) is 9.94. The van der Waals surface area contributed by atoms with Crippen LogP contribution in [-0.4, -0.2) is 68.6 Å². The lowest BCUT2D eigenvalue weighted by atomic mass is 9.98. The van der Waals surface area contributed by atoms with Gasteiger partial charge in [-0.3, -0.25) is 23.9 Å². The molecule has 1 saturated heterocycles. The van der Waals surface area contributed by atoms with Crippen LogP contribution in [-0.2, 0) is 15.0 Å². The number of carbonyl (C=O) groups excluding carboxylic acids is 2. The molecule has 230 valence electrons. The Balaban J connectivity index is 1.58. The van der Waals surface area contributed by atoms with E-state index in [1.807, 2.05) is 13.8 Å². The Hall–Kier alpha value is -5.13. The molecule has 2 aliphatic heterocycles. The van der Waals surface area contributed by atoms with Gasteiger partial charge < -0.3 is 19.8 Å². The van der Waals surface area contributed by atoms with E-state index in [4.69, 9.17) is 0 Å². The number of fused-ring (bicyclic) bond motifs is 5. The van der Waals surface area contributed by atoms with Crippen LogP contribution in [0, 0.1) is 11.6 Å². The summed E-state index contributed by atoms with van der Waals surface area (Å²) in [6.07, 6.45) is 4.51. The minimum atomic E-state index is -0.930. The summed E-state index contributed by atoms with van der Waals surface area (Å²) in [7, 11) is 1.48. The summed E-state index contributed by atoms with van der Waals surface area (Å²) in [5.41, 5.74) is -0.432. The highest BCUT2D eigenvalue weighted by atomic mass is 19.1. The second-order valence-corrected chi connectivity index (χ2v) is 12.2. The minimum Gasteiger partial charge on any atom is -0.507 e. The van der Waals surface area contributed by atoms with Crippen molar-refractivity contribution in [3.05, 3.63) is 82.9 Å². The number of nitrogens with zero attached hydrogens (tertiary/aromatic N) is 6. The Bertz CT molecular complexity index is 2000. The topological polar surface area (TPSA) is 112 Å². The average molecular weight is 613 g/mol. The van der Waals surface area contributed by atoms with Gasteiger partial charge in [0.25, 0.3) is 11.5 Å². The molecule has 12 heteroatoms. The molecule has 2 fully saturated rings. The Morgan fingerprint density at radius 3 is 2.56 bits per heavy atom. The zero-order valence-electron chi connectivity index (χ0n) is 24.9. The third-order valence-electron chi connectivity index (χ3n) is 9.32. The van der Waals surface area contributed by atoms with Gasteiger partial charge in [0, 0.05) is 36.6 Å². The first-order valence-corrected chi connectivity index (χ1v) is 14.7. The highest BCUT2D eigenvalue weighted by Crippen LogP contribution is 2.49. The van der Waals surface area contributed by atoms with Gasteiger partial charge in [0.15, 0.2) is 11.5 Å². The van der Waals surface area contributed by atoms with E-state index in [1.165, 1.54) is 40.8 Å². The van der Waals surface area contributed by atoms with Gasteiger partial charge in [0.05, 0.1) is 29.2 Å². The van der Waals surface area contributed by atoms with Gasteiger partial charge in [0.2, 0.25) is 5.91 Å². The quantitative estimate of drug-likeness (QED) is 0.346. The van der Waals surface area contributed by atoms with Crippen molar-refractivity contribution in [2.24, 2.45) is 0 Å². The number of rotatable bonds is 4. The number of carbonyl (C=O) groups is 2. The van der Waals surface area contributed by atoms with Crippen LogP contribution in [0.5, 0.6) is 5.75 Å². The van der Waals surface area contributed by atoms with Crippen molar-refractivity contribution in [3.8, 4) is 22.7 Å². The van der Waals surface area contributed by atoms with E-state index in [-0.39, 0.29) is 52.9 Å². The first-order chi connectivity index (χ1) is 21.5. The molecule has 3 aromatic heterocycles. The summed E-state index contributed by atoms with van der Waals surface area (Å²) in [5, 5.41) is 10.8. The van der Waals surface area contributed by atoms with Gasteiger partial charge in [-0.2, -0.15) is 0 Å². The van der Waals surface area contributed by atoms with Crippen LogP contribution in [0.1, 0.15) is 32.4 Å². The van der Waals surface area contributed by atoms with Crippen molar-refractivity contribution < 1.29 is 23.5 Å². The Kier molecular flexibility index (Phi) is 6.33. The maximum Gasteiger partial charge on any atom is 0.283 e. The Labute approximate surface area is 256 Å². The summed E-state index contributed by atoms with van der Waals surface area (Å²) in [4.78, 5) is 54.9. The molecule has 45 heavy (non-hydrogen) atoms. The minimum absolute atomic E-state index is 0.00931. The number of pyridine rings is 3. The molecule has 5 heterocycles. The Morgan fingerprint density at radius 1 is 1.11 bits per heavy atom. The third-order valence-corrected chi connectivity index (χ3v) is 9.32. The molecule has 4 aromatic rings. The molecule has 0 bridgehead atoms. The number of phenols is 1. The van der Waals surface area contributed by atoms with Crippen LogP contribution < -0.4 is 15.4 Å². The highest BCUT2D eigenvalue weighted by Gasteiger charge is 2.47. The summed E-state index contributed by atoms with van der Waals surface area (Å²) in [6, 6.07) is 6.94. The number of amides is 2. The van der Waals surface area contributed by atoms with Crippen molar-refractivity contribution in [1.29, 1.82) is 0 Å². The van der Waals surface area contributed by atoms with E-state index >= 15 is 8.78 Å². The van der Waals surface area contributed by atoms with Gasteiger partial charge in [0.1, 0.15) is 29.0 Å². The molecule has 7 rings (SSSR count). The van der Waals surface area contributed by atoms with Crippen molar-refractivity contribution >= 4 is 34.2 Å². The third kappa shape index (κ3) is 4.15. The lowest BCUT2D eigenvalue weighted by Crippen LogP contribution is -2.66. The van der Waals surface area contributed by atoms with E-state index in [0.717, 1.165) is 18.9 Å². The number of hydrogen-bond acceptors (Lipinski definition) is 7. The lowest BCUT2D eigenvalue weighted by Gasteiger charge is -2.49. The van der Waals surface area contributed by atoms with Gasteiger partial charge in [-0.05, 0) is 56.2 Å². The van der Waals surface area contributed by atoms with Crippen molar-refractivity contribution in [2.45, 2.75) is 44.2 Å². The first-order valence-electron chi connectivity index (χ1n) is 14.7. The summed E-state index contributed by atoms with van der Waals surface area (Å²) >= 11 is 0. The number of halogens is 2. The molecule has 0 radical (unpaired) electrons. The van der Waals surface area contributed by atoms with Gasteiger partial charge in [-0.1, -0.05) is 19.6 Å². The maximum absolute atomic E-state index is 16.1. The summed E-state index contributed by atoms with van der Waals surface area (Å²) < 4.78 is 32.5. The average Bonchev–Trinajstić information content (AvgIpc) is 3.77. The fourth-order valence-electron chi connectivity index (χ4n) is 6.65. The lowest BCUT2D eigenvalue weighted by molar-refractivity contribution is -0.130. The molecule has 1 N–H and O–H groups in total. The van der Waals surface area contributed by atoms with Crippen molar-refractivity contribution in [3.63, 3.8) is 0 Å². The monoisotopic (exact) mass is 612 g/mol. The van der Waals surface area contributed by atoms with Gasteiger partial charge in [-0.15, -0.1) is 0 Å². The number of hydrogen-bond donors (Lipinski definition) is 1. The number of likely N-dealkylation sites (N-methyl/N-ethyl adjacent to an activating group) is 1. The maximum atomic E-state index is 16.1. The number of aromatic hydroxyl groups is 1. The van der Waals surface area contributed by atoms with Crippen molar-refractivity contribution in [1.82, 2.24) is 19.4 Å². The summed E-state index contributed by atoms with van der Waals surface area (Å²) in [5.74, 6) is -3.06. The molecule has 0 spiro atoms. The zero-order chi connectivity index (χ0) is 31.9. The molecular weight excluding hydrogens is 582 g/mol. The normalized spacial score (nSPS) is 20.2. The van der Waals surface area contributed by atoms with Crippen LogP contribution in [0.4, 0.5) is 20.2 Å². The van der Waals surface area contributed by atoms with E-state index in [0.29, 0.717) is 11.4 Å². The number of phenolic OH excluding ortho intramolecular Hbond substituents is 1. The fourth-order valence-corrected chi connectivity index (χ4v) is 6.65. The van der Waals surface area contributed by atoms with Crippen LogP contribution >= 0.6 is 0 Å². The van der Waals surface area contributed by atoms with Gasteiger partial charge in [-0.25, -0.2) is 13.8 Å². The van der Waals surface area contributed by atoms with E-state index in [2.05, 4.69) is 16.5 Å². The van der Waals surface area contributed by atoms with Gasteiger partial charge >= 0.3 is 0 Å². The molecule has 10 nitrogen and oxygen atoms in total. The molecule has 0 unspecified atom stereocenters. The molecule has 2 atom stereocenters. The number of benzene rings is 1. The second-order valence-electron chi connectivity index (χ2n) is 12.2. The SMILES string of the molecule is C=CC(=O)N1C[C@@H]2C(=O)N(C)c3c(c4cc(F)c(-c5c(O)cccc5F)nc4n(-c4cccnc4C4(C)CC4)c3=O)N2C[C@H]1C. The molecule has 1 saturated carbocycles. The molecule has 2 amide bonds. The predicted molar refractivity (Wildman–Crippen MR) is 165 cm³/mol. The highest BCUT2D eigenvalue weighted by molar-refractivity contribution is 6.12. The first kappa shape index (κ1) is 28.6. The smallest absolute Gasteiger partial charge is 0.283 e. The number of anilines is 2. The van der Waals surface area contributed by atoms with Crippen LogP contribution in [0.25, 0.3) is 28.0 Å². The molecular formula is C33H30F2N6O4. The number of aromatic nitrogens is 3. The summed E-state index contributed by atoms with van der Waals surface area (Å²) in [6.45, 7) is 7.63. The molecule has 1 aromatic carbocycles. The zero-order valence-corrected chi connectivity index (χ0v) is 24.9. The van der Waals surface area contributed by atoms with E-state index < -0.39 is 46.1 Å². The Morgan fingerprint density at radius 2 is 1.87 bits per heavy atom. The molecule has 1 aliphatic carbocycles. The van der Waals surface area contributed by atoms with Crippen LogP contribution in [0.3, 0.4) is 0 Å². The predicted octanol–water partition coefficient (Wildman–Crippen LogP) is 4.05.